The lowest BCUT2D eigenvalue weighted by molar-refractivity contribution is 0.373. The highest BCUT2D eigenvalue weighted by molar-refractivity contribution is 7.07. The van der Waals surface area contributed by atoms with Gasteiger partial charge in [-0.15, -0.1) is 0 Å². The Balaban J connectivity index is 1.64. The fraction of sp³-hybridized carbons (Fsp3) is 0.143. The van der Waals surface area contributed by atoms with E-state index >= 15 is 0 Å². The van der Waals surface area contributed by atoms with Crippen molar-refractivity contribution in [2.75, 3.05) is 7.11 Å². The largest absolute Gasteiger partial charge is 0.504 e. The minimum atomic E-state index is -0.343. The van der Waals surface area contributed by atoms with Gasteiger partial charge in [0.1, 0.15) is 0 Å². The molecule has 0 radical (unpaired) electrons. The Morgan fingerprint density at radius 3 is 2.71 bits per heavy atom. The van der Waals surface area contributed by atoms with E-state index in [1.807, 2.05) is 36.4 Å². The molecule has 6 rings (SSSR count). The van der Waals surface area contributed by atoms with Crippen LogP contribution in [0.15, 0.2) is 82.1 Å². The fourth-order valence-corrected chi connectivity index (χ4v) is 6.19. The van der Waals surface area contributed by atoms with Gasteiger partial charge in [-0.05, 0) is 47.8 Å². The number of aromatic nitrogens is 1. The van der Waals surface area contributed by atoms with E-state index in [1.165, 1.54) is 24.0 Å². The number of fused-ring (bicyclic) bond motifs is 3. The zero-order chi connectivity index (χ0) is 24.1. The summed E-state index contributed by atoms with van der Waals surface area (Å²) in [6.45, 7) is 0. The Kier molecular flexibility index (Phi) is 5.35. The van der Waals surface area contributed by atoms with Crippen molar-refractivity contribution in [2.24, 2.45) is 4.99 Å². The van der Waals surface area contributed by atoms with Gasteiger partial charge in [0, 0.05) is 16.1 Å². The predicted octanol–water partition coefficient (Wildman–Crippen LogP) is 4.69. The van der Waals surface area contributed by atoms with E-state index in [4.69, 9.17) is 21.3 Å². The number of hydrogen-bond donors (Lipinski definition) is 1. The van der Waals surface area contributed by atoms with Crippen LogP contribution in [0, 0.1) is 0 Å². The minimum absolute atomic E-state index is 0.00305. The maximum absolute atomic E-state index is 13.8. The minimum Gasteiger partial charge on any atom is -0.504 e. The van der Waals surface area contributed by atoms with Gasteiger partial charge in [0.15, 0.2) is 16.3 Å². The highest BCUT2D eigenvalue weighted by Crippen LogP contribution is 2.42. The fourth-order valence-electron chi connectivity index (χ4n) is 4.96. The molecule has 0 amide bonds. The van der Waals surface area contributed by atoms with Crippen LogP contribution in [-0.4, -0.2) is 16.8 Å². The lowest BCUT2D eigenvalue weighted by Gasteiger charge is -2.31. The van der Waals surface area contributed by atoms with Crippen molar-refractivity contribution in [1.82, 2.24) is 4.57 Å². The van der Waals surface area contributed by atoms with E-state index in [1.54, 1.807) is 28.8 Å². The standard InChI is InChI=1S/C28H21ClN2O3S/c1-34-22-12-6-8-17(26(22)32)15-23-27(33)31-25(19-10-4-5-11-21(19)29)20-14-13-16-7-2-3-9-18(16)24(20)30-28(31)35-23/h2-12,15,25,32H,13-14H2,1H3. The van der Waals surface area contributed by atoms with Crippen LogP contribution >= 0.6 is 22.9 Å². The van der Waals surface area contributed by atoms with Gasteiger partial charge in [0.05, 0.1) is 23.4 Å². The Labute approximate surface area is 210 Å². The number of ether oxygens (including phenoxy) is 1. The number of thiazole rings is 1. The summed E-state index contributed by atoms with van der Waals surface area (Å²) in [6, 6.07) is 20.9. The number of nitrogens with zero attached hydrogens (tertiary/aromatic N) is 2. The van der Waals surface area contributed by atoms with Gasteiger partial charge in [0.25, 0.3) is 5.56 Å². The quantitative estimate of drug-likeness (QED) is 0.444. The third-order valence-electron chi connectivity index (χ3n) is 6.61. The molecule has 174 valence electrons. The highest BCUT2D eigenvalue weighted by atomic mass is 35.5. The number of methoxy groups -OCH3 is 1. The van der Waals surface area contributed by atoms with Gasteiger partial charge < -0.3 is 9.84 Å². The summed E-state index contributed by atoms with van der Waals surface area (Å²) in [5.41, 5.74) is 5.62. The Hall–Kier alpha value is -3.61. The molecular formula is C28H21ClN2O3S. The van der Waals surface area contributed by atoms with Gasteiger partial charge in [0.2, 0.25) is 0 Å². The second kappa shape index (κ2) is 8.56. The zero-order valence-corrected chi connectivity index (χ0v) is 20.4. The molecule has 2 aliphatic rings. The molecule has 0 saturated heterocycles. The number of aromatic hydroxyl groups is 1. The maximum Gasteiger partial charge on any atom is 0.271 e. The molecule has 4 aromatic rings. The molecule has 35 heavy (non-hydrogen) atoms. The first-order valence-electron chi connectivity index (χ1n) is 11.3. The molecule has 1 N–H and O–H groups in total. The Morgan fingerprint density at radius 2 is 1.89 bits per heavy atom. The lowest BCUT2D eigenvalue weighted by Crippen LogP contribution is -2.38. The van der Waals surface area contributed by atoms with Gasteiger partial charge >= 0.3 is 0 Å². The number of benzene rings is 3. The topological polar surface area (TPSA) is 63.8 Å². The maximum atomic E-state index is 13.8. The molecular weight excluding hydrogens is 480 g/mol. The molecule has 0 bridgehead atoms. The van der Waals surface area contributed by atoms with Crippen molar-refractivity contribution < 1.29 is 9.84 Å². The number of rotatable bonds is 3. The summed E-state index contributed by atoms with van der Waals surface area (Å²) in [6.07, 6.45) is 3.38. The summed E-state index contributed by atoms with van der Waals surface area (Å²) in [5, 5.41) is 11.2. The van der Waals surface area contributed by atoms with Crippen molar-refractivity contribution >= 4 is 34.7 Å². The number of halogens is 1. The second-order valence-corrected chi connectivity index (χ2v) is 9.95. The Morgan fingerprint density at radius 1 is 1.09 bits per heavy atom. The summed E-state index contributed by atoms with van der Waals surface area (Å²) in [4.78, 5) is 19.4. The molecule has 1 atom stereocenters. The van der Waals surface area contributed by atoms with Crippen molar-refractivity contribution in [2.45, 2.75) is 18.9 Å². The van der Waals surface area contributed by atoms with Crippen molar-refractivity contribution in [3.63, 3.8) is 0 Å². The van der Waals surface area contributed by atoms with Gasteiger partial charge in [-0.3, -0.25) is 9.36 Å². The van der Waals surface area contributed by atoms with Crippen LogP contribution in [0.3, 0.4) is 0 Å². The first kappa shape index (κ1) is 21.9. The van der Waals surface area contributed by atoms with Gasteiger partial charge in [-0.2, -0.15) is 0 Å². The lowest BCUT2D eigenvalue weighted by atomic mass is 9.83. The number of allylic oxidation sites excluding steroid dienone is 1. The van der Waals surface area contributed by atoms with Crippen LogP contribution in [0.4, 0.5) is 0 Å². The van der Waals surface area contributed by atoms with Crippen LogP contribution in [0.25, 0.3) is 11.8 Å². The molecule has 5 nitrogen and oxygen atoms in total. The average Bonchev–Trinajstić information content (AvgIpc) is 3.19. The van der Waals surface area contributed by atoms with E-state index in [0.717, 1.165) is 35.2 Å². The van der Waals surface area contributed by atoms with E-state index in [0.29, 0.717) is 25.7 Å². The van der Waals surface area contributed by atoms with Crippen molar-refractivity contribution in [3.8, 4) is 11.5 Å². The van der Waals surface area contributed by atoms with Crippen LogP contribution in [0.5, 0.6) is 11.5 Å². The SMILES string of the molecule is COc1cccc(C=c2sc3n(c2=O)C(c2ccccc2Cl)C2=C(N=3)c3ccccc3CC2)c1O. The third kappa shape index (κ3) is 3.52. The third-order valence-corrected chi connectivity index (χ3v) is 7.94. The molecule has 7 heteroatoms. The van der Waals surface area contributed by atoms with Crippen LogP contribution in [0.1, 0.15) is 34.7 Å². The van der Waals surface area contributed by atoms with E-state index in [9.17, 15) is 9.90 Å². The number of para-hydroxylation sites is 1. The Bertz CT molecular complexity index is 1700. The van der Waals surface area contributed by atoms with Crippen molar-refractivity contribution in [3.05, 3.63) is 119 Å². The summed E-state index contributed by atoms with van der Waals surface area (Å²) in [7, 11) is 1.50. The van der Waals surface area contributed by atoms with E-state index in [-0.39, 0.29) is 17.4 Å². The summed E-state index contributed by atoms with van der Waals surface area (Å²) < 4.78 is 7.47. The molecule has 1 aliphatic heterocycles. The number of hydrogen-bond acceptors (Lipinski definition) is 5. The molecule has 1 unspecified atom stereocenters. The number of phenolic OH excluding ortho intramolecular Hbond substituents is 1. The van der Waals surface area contributed by atoms with E-state index in [2.05, 4.69) is 12.1 Å². The first-order chi connectivity index (χ1) is 17.1. The molecule has 1 aromatic heterocycles. The van der Waals surface area contributed by atoms with Gasteiger partial charge in [-0.25, -0.2) is 4.99 Å². The monoisotopic (exact) mass is 500 g/mol. The van der Waals surface area contributed by atoms with Crippen molar-refractivity contribution in [1.29, 1.82) is 0 Å². The highest BCUT2D eigenvalue weighted by Gasteiger charge is 2.33. The smallest absolute Gasteiger partial charge is 0.271 e. The first-order valence-corrected chi connectivity index (χ1v) is 12.5. The molecule has 2 heterocycles. The summed E-state index contributed by atoms with van der Waals surface area (Å²) in [5.74, 6) is 0.351. The molecule has 0 fully saturated rings. The molecule has 0 spiro atoms. The number of phenols is 1. The predicted molar refractivity (Wildman–Crippen MR) is 139 cm³/mol. The normalized spacial score (nSPS) is 16.9. The zero-order valence-electron chi connectivity index (χ0n) is 18.9. The average molecular weight is 501 g/mol. The van der Waals surface area contributed by atoms with Gasteiger partial charge in [-0.1, -0.05) is 77.5 Å². The van der Waals surface area contributed by atoms with E-state index < -0.39 is 0 Å². The van der Waals surface area contributed by atoms with Crippen LogP contribution in [0.2, 0.25) is 5.02 Å². The summed E-state index contributed by atoms with van der Waals surface area (Å²) >= 11 is 7.99. The van der Waals surface area contributed by atoms with Crippen LogP contribution < -0.4 is 19.6 Å². The molecule has 1 aliphatic carbocycles. The number of aryl methyl sites for hydroxylation is 1. The molecule has 3 aromatic carbocycles. The molecule has 0 saturated carbocycles. The second-order valence-electron chi connectivity index (χ2n) is 8.53. The van der Waals surface area contributed by atoms with Crippen LogP contribution in [-0.2, 0) is 6.42 Å².